The molecule has 0 saturated carbocycles. The minimum atomic E-state index is -0.896. The lowest BCUT2D eigenvalue weighted by molar-refractivity contribution is -0.139. The van der Waals surface area contributed by atoms with Crippen LogP contribution in [0.2, 0.25) is 0 Å². The molecule has 0 amide bonds. The molecule has 1 unspecified atom stereocenters. The van der Waals surface area contributed by atoms with Crippen molar-refractivity contribution in [1.82, 2.24) is 5.32 Å². The Labute approximate surface area is 122 Å². The highest BCUT2D eigenvalue weighted by atomic mass is 32.2. The molecule has 0 aliphatic carbocycles. The number of carboxylic acids is 1. The molecule has 0 radical (unpaired) electrons. The molecule has 5 heteroatoms. The summed E-state index contributed by atoms with van der Waals surface area (Å²) in [4.78, 5) is 11.3. The van der Waals surface area contributed by atoms with Gasteiger partial charge in [-0.2, -0.15) is 11.8 Å². The van der Waals surface area contributed by atoms with Crippen LogP contribution in [-0.2, 0) is 17.1 Å². The summed E-state index contributed by atoms with van der Waals surface area (Å²) in [6.07, 6.45) is 2.01. The molecule has 0 aliphatic heterocycles. The van der Waals surface area contributed by atoms with Crippen LogP contribution >= 0.6 is 11.8 Å². The quantitative estimate of drug-likeness (QED) is 0.821. The zero-order chi connectivity index (χ0) is 14.4. The van der Waals surface area contributed by atoms with Crippen molar-refractivity contribution < 1.29 is 14.3 Å². The van der Waals surface area contributed by atoms with Crippen LogP contribution in [0, 0.1) is 0 Å². The molecule has 0 aliphatic rings. The Kier molecular flexibility index (Phi) is 5.26. The molecule has 1 aromatic heterocycles. The molecule has 20 heavy (non-hydrogen) atoms. The highest BCUT2D eigenvalue weighted by Gasteiger charge is 2.19. The Morgan fingerprint density at radius 3 is 2.60 bits per heavy atom. The summed E-state index contributed by atoms with van der Waals surface area (Å²) in [6, 6.07) is 12.2. The van der Waals surface area contributed by atoms with Gasteiger partial charge in [-0.05, 0) is 24.0 Å². The highest BCUT2D eigenvalue weighted by Crippen LogP contribution is 2.16. The zero-order valence-corrected chi connectivity index (χ0v) is 12.0. The first-order chi connectivity index (χ1) is 9.70. The fraction of sp³-hybridized carbons (Fsp3) is 0.267. The van der Waals surface area contributed by atoms with Crippen LogP contribution in [0.4, 0.5) is 0 Å². The SMILES string of the molecule is CSCc1ccc(CNC(C(=O)O)c2ccccc2)o1. The zero-order valence-electron chi connectivity index (χ0n) is 11.2. The molecule has 1 aromatic carbocycles. The van der Waals surface area contributed by atoms with Gasteiger partial charge in [0.1, 0.15) is 17.6 Å². The predicted molar refractivity (Wildman–Crippen MR) is 79.6 cm³/mol. The summed E-state index contributed by atoms with van der Waals surface area (Å²) in [7, 11) is 0. The highest BCUT2D eigenvalue weighted by molar-refractivity contribution is 7.97. The second kappa shape index (κ2) is 7.17. The van der Waals surface area contributed by atoms with Gasteiger partial charge in [-0.25, -0.2) is 0 Å². The standard InChI is InChI=1S/C15H17NO3S/c1-20-10-13-8-7-12(19-13)9-16-14(15(17)18)11-5-3-2-4-6-11/h2-8,14,16H,9-10H2,1H3,(H,17,18). The second-order valence-corrected chi connectivity index (χ2v) is 5.23. The van der Waals surface area contributed by atoms with Crippen LogP contribution in [0.15, 0.2) is 46.9 Å². The maximum absolute atomic E-state index is 11.3. The molecule has 1 heterocycles. The van der Waals surface area contributed by atoms with E-state index < -0.39 is 12.0 Å². The van der Waals surface area contributed by atoms with Crippen LogP contribution in [0.25, 0.3) is 0 Å². The summed E-state index contributed by atoms with van der Waals surface area (Å²) in [5, 5.41) is 12.3. The molecular weight excluding hydrogens is 274 g/mol. The Hall–Kier alpha value is -1.72. The molecule has 0 saturated heterocycles. The molecule has 4 nitrogen and oxygen atoms in total. The number of benzene rings is 1. The van der Waals surface area contributed by atoms with Gasteiger partial charge in [0.15, 0.2) is 0 Å². The van der Waals surface area contributed by atoms with E-state index in [1.54, 1.807) is 23.9 Å². The van der Waals surface area contributed by atoms with E-state index in [1.807, 2.05) is 36.6 Å². The molecule has 0 spiro atoms. The largest absolute Gasteiger partial charge is 0.480 e. The first kappa shape index (κ1) is 14.7. The lowest BCUT2D eigenvalue weighted by Gasteiger charge is -2.13. The number of nitrogens with one attached hydrogen (secondary N) is 1. The van der Waals surface area contributed by atoms with Crippen LogP contribution in [0.3, 0.4) is 0 Å². The van der Waals surface area contributed by atoms with Gasteiger partial charge in [-0.3, -0.25) is 10.1 Å². The van der Waals surface area contributed by atoms with E-state index in [0.717, 1.165) is 22.8 Å². The molecule has 1 atom stereocenters. The van der Waals surface area contributed by atoms with Gasteiger partial charge in [-0.1, -0.05) is 30.3 Å². The van der Waals surface area contributed by atoms with E-state index >= 15 is 0 Å². The summed E-state index contributed by atoms with van der Waals surface area (Å²) < 4.78 is 5.61. The van der Waals surface area contributed by atoms with Crippen molar-refractivity contribution in [2.24, 2.45) is 0 Å². The number of hydrogen-bond donors (Lipinski definition) is 2. The van der Waals surface area contributed by atoms with Crippen molar-refractivity contribution in [2.75, 3.05) is 6.26 Å². The molecule has 2 N–H and O–H groups in total. The van der Waals surface area contributed by atoms with E-state index in [2.05, 4.69) is 5.32 Å². The van der Waals surface area contributed by atoms with E-state index in [-0.39, 0.29) is 0 Å². The Morgan fingerprint density at radius 2 is 1.95 bits per heavy atom. The van der Waals surface area contributed by atoms with E-state index in [0.29, 0.717) is 6.54 Å². The molecule has 2 aromatic rings. The number of carboxylic acid groups (broad SMARTS) is 1. The topological polar surface area (TPSA) is 62.5 Å². The van der Waals surface area contributed by atoms with Crippen molar-refractivity contribution in [3.05, 3.63) is 59.5 Å². The molecule has 0 fully saturated rings. The van der Waals surface area contributed by atoms with E-state index in [1.165, 1.54) is 0 Å². The van der Waals surface area contributed by atoms with Crippen LogP contribution in [0.5, 0.6) is 0 Å². The van der Waals surface area contributed by atoms with Crippen molar-refractivity contribution in [3.63, 3.8) is 0 Å². The Balaban J connectivity index is 2.00. The average molecular weight is 291 g/mol. The maximum Gasteiger partial charge on any atom is 0.325 e. The van der Waals surface area contributed by atoms with Gasteiger partial charge >= 0.3 is 5.97 Å². The smallest absolute Gasteiger partial charge is 0.325 e. The van der Waals surface area contributed by atoms with Gasteiger partial charge in [0.2, 0.25) is 0 Å². The van der Waals surface area contributed by atoms with Crippen molar-refractivity contribution >= 4 is 17.7 Å². The van der Waals surface area contributed by atoms with Crippen LogP contribution < -0.4 is 5.32 Å². The minimum Gasteiger partial charge on any atom is -0.480 e. The summed E-state index contributed by atoms with van der Waals surface area (Å²) in [5.74, 6) is 1.57. The second-order valence-electron chi connectivity index (χ2n) is 4.36. The van der Waals surface area contributed by atoms with Crippen LogP contribution in [-0.4, -0.2) is 17.3 Å². The lowest BCUT2D eigenvalue weighted by atomic mass is 10.1. The first-order valence-corrected chi connectivity index (χ1v) is 7.67. The van der Waals surface area contributed by atoms with Crippen molar-refractivity contribution in [2.45, 2.75) is 18.3 Å². The summed E-state index contributed by atoms with van der Waals surface area (Å²) >= 11 is 1.69. The number of furan rings is 1. The monoisotopic (exact) mass is 291 g/mol. The number of thioether (sulfide) groups is 1. The van der Waals surface area contributed by atoms with E-state index in [4.69, 9.17) is 4.42 Å². The number of aliphatic carboxylic acids is 1. The normalized spacial score (nSPS) is 12.2. The third-order valence-electron chi connectivity index (χ3n) is 2.86. The average Bonchev–Trinajstić information content (AvgIpc) is 2.88. The van der Waals surface area contributed by atoms with Crippen LogP contribution in [0.1, 0.15) is 23.1 Å². The molecule has 0 bridgehead atoms. The Bertz CT molecular complexity index is 553. The number of rotatable bonds is 7. The Morgan fingerprint density at radius 1 is 1.25 bits per heavy atom. The minimum absolute atomic E-state index is 0.389. The summed E-state index contributed by atoms with van der Waals surface area (Å²) in [5.41, 5.74) is 0.732. The van der Waals surface area contributed by atoms with Gasteiger partial charge in [-0.15, -0.1) is 0 Å². The third kappa shape index (κ3) is 3.88. The fourth-order valence-electron chi connectivity index (χ4n) is 1.93. The fourth-order valence-corrected chi connectivity index (χ4v) is 2.37. The predicted octanol–water partition coefficient (Wildman–Crippen LogP) is 3.06. The maximum atomic E-state index is 11.3. The first-order valence-electron chi connectivity index (χ1n) is 6.28. The van der Waals surface area contributed by atoms with Gasteiger partial charge < -0.3 is 9.52 Å². The lowest BCUT2D eigenvalue weighted by Crippen LogP contribution is -2.27. The molecule has 106 valence electrons. The van der Waals surface area contributed by atoms with Gasteiger partial charge in [0, 0.05) is 0 Å². The van der Waals surface area contributed by atoms with Crippen molar-refractivity contribution in [1.29, 1.82) is 0 Å². The van der Waals surface area contributed by atoms with Gasteiger partial charge in [0.25, 0.3) is 0 Å². The third-order valence-corrected chi connectivity index (χ3v) is 3.44. The number of carbonyl (C=O) groups is 1. The molecular formula is C15H17NO3S. The summed E-state index contributed by atoms with van der Waals surface area (Å²) in [6.45, 7) is 0.389. The van der Waals surface area contributed by atoms with Gasteiger partial charge in [0.05, 0.1) is 12.3 Å². The molecule has 2 rings (SSSR count). The number of hydrogen-bond acceptors (Lipinski definition) is 4. The van der Waals surface area contributed by atoms with E-state index in [9.17, 15) is 9.90 Å². The van der Waals surface area contributed by atoms with Crippen molar-refractivity contribution in [3.8, 4) is 0 Å².